The number of carbonyl (C=O) groups is 3. The lowest BCUT2D eigenvalue weighted by Crippen LogP contribution is -2.44. The number of carboxylic acids is 1. The number of carboxylic acid groups (broad SMARTS) is 1. The number of nitrogens with zero attached hydrogens (tertiary/aromatic N) is 1. The molecule has 1 N–H and O–H groups in total. The van der Waals surface area contributed by atoms with Gasteiger partial charge in [-0.3, -0.25) is 9.59 Å². The Morgan fingerprint density at radius 2 is 1.95 bits per heavy atom. The molecule has 0 unspecified atom stereocenters. The van der Waals surface area contributed by atoms with Crippen molar-refractivity contribution >= 4 is 40.5 Å². The molecule has 2 atom stereocenters. The van der Waals surface area contributed by atoms with Crippen molar-refractivity contribution in [2.75, 3.05) is 17.4 Å². The maximum absolute atomic E-state index is 12.4. The first-order chi connectivity index (χ1) is 10.5. The second-order valence-corrected chi connectivity index (χ2v) is 8.05. The zero-order valence-electron chi connectivity index (χ0n) is 12.8. The van der Waals surface area contributed by atoms with Crippen LogP contribution in [0.25, 0.3) is 0 Å². The largest absolute Gasteiger partial charge is 0.480 e. The van der Waals surface area contributed by atoms with Crippen LogP contribution >= 0.6 is 23.5 Å². The van der Waals surface area contributed by atoms with Gasteiger partial charge in [0.05, 0.1) is 5.88 Å². The Labute approximate surface area is 139 Å². The third kappa shape index (κ3) is 4.41. The summed E-state index contributed by atoms with van der Waals surface area (Å²) in [6.07, 6.45) is 5.40. The maximum Gasteiger partial charge on any atom is 0.327 e. The summed E-state index contributed by atoms with van der Waals surface area (Å²) in [4.78, 5) is 37.1. The number of rotatable bonds is 5. The third-order valence-corrected chi connectivity index (χ3v) is 6.58. The second-order valence-electron chi connectivity index (χ2n) is 6.03. The third-order valence-electron chi connectivity index (χ3n) is 4.29. The van der Waals surface area contributed by atoms with E-state index >= 15 is 0 Å². The molecule has 124 valence electrons. The fourth-order valence-corrected chi connectivity index (χ4v) is 5.07. The highest BCUT2D eigenvalue weighted by molar-refractivity contribution is 8.13. The van der Waals surface area contributed by atoms with E-state index in [4.69, 9.17) is 5.11 Å². The molecule has 7 heteroatoms. The average Bonchev–Trinajstić information content (AvgIpc) is 3.02. The molecule has 0 aromatic rings. The van der Waals surface area contributed by atoms with Crippen LogP contribution in [0.15, 0.2) is 0 Å². The smallest absolute Gasteiger partial charge is 0.327 e. The topological polar surface area (TPSA) is 74.7 Å². The van der Waals surface area contributed by atoms with E-state index in [0.717, 1.165) is 25.7 Å². The first-order valence-electron chi connectivity index (χ1n) is 7.78. The van der Waals surface area contributed by atoms with Crippen LogP contribution in [-0.2, 0) is 14.4 Å². The molecule has 5 nitrogen and oxygen atoms in total. The van der Waals surface area contributed by atoms with E-state index in [9.17, 15) is 14.4 Å². The lowest BCUT2D eigenvalue weighted by Gasteiger charge is -2.24. The first kappa shape index (κ1) is 17.7. The zero-order chi connectivity index (χ0) is 16.1. The predicted octanol–water partition coefficient (Wildman–Crippen LogP) is 2.45. The second kappa shape index (κ2) is 8.24. The van der Waals surface area contributed by atoms with Gasteiger partial charge in [-0.1, -0.05) is 37.9 Å². The summed E-state index contributed by atoms with van der Waals surface area (Å²) >= 11 is 2.71. The number of carbonyl (C=O) groups excluding carboxylic acids is 2. The lowest BCUT2D eigenvalue weighted by molar-refractivity contribution is -0.148. The van der Waals surface area contributed by atoms with E-state index < -0.39 is 12.0 Å². The van der Waals surface area contributed by atoms with Crippen molar-refractivity contribution < 1.29 is 19.5 Å². The van der Waals surface area contributed by atoms with Gasteiger partial charge in [0, 0.05) is 23.3 Å². The van der Waals surface area contributed by atoms with Gasteiger partial charge in [-0.05, 0) is 12.8 Å². The monoisotopic (exact) mass is 345 g/mol. The van der Waals surface area contributed by atoms with Crippen molar-refractivity contribution in [2.45, 2.75) is 45.1 Å². The Bertz CT molecular complexity index is 437. The molecule has 0 bridgehead atoms. The summed E-state index contributed by atoms with van der Waals surface area (Å²) in [6, 6.07) is -0.723. The van der Waals surface area contributed by atoms with Crippen LogP contribution in [0.2, 0.25) is 0 Å². The van der Waals surface area contributed by atoms with Crippen molar-refractivity contribution in [1.82, 2.24) is 4.90 Å². The van der Waals surface area contributed by atoms with E-state index in [-0.39, 0.29) is 22.9 Å². The molecule has 2 aliphatic rings. The van der Waals surface area contributed by atoms with Gasteiger partial charge in [-0.15, -0.1) is 11.8 Å². The van der Waals surface area contributed by atoms with E-state index in [1.807, 2.05) is 0 Å². The standard InChI is InChI=1S/C15H23NO4S2/c1-10(7-22-15(20)11-5-3-2-4-6-11)13(17)16-9-21-8-12(16)14(18)19/h10-12H,2-9H2,1H3,(H,18,19)/t10-,12+/m1/s1. The van der Waals surface area contributed by atoms with Crippen molar-refractivity contribution in [3.63, 3.8) is 0 Å². The Balaban J connectivity index is 1.81. The fourth-order valence-electron chi connectivity index (χ4n) is 2.88. The van der Waals surface area contributed by atoms with Gasteiger partial charge >= 0.3 is 5.97 Å². The summed E-state index contributed by atoms with van der Waals surface area (Å²) in [6.45, 7) is 1.78. The Kier molecular flexibility index (Phi) is 6.62. The molecule has 2 rings (SSSR count). The Morgan fingerprint density at radius 1 is 1.27 bits per heavy atom. The van der Waals surface area contributed by atoms with Gasteiger partial charge in [-0.2, -0.15) is 0 Å². The minimum atomic E-state index is -0.948. The number of aliphatic carboxylic acids is 1. The quantitative estimate of drug-likeness (QED) is 0.825. The van der Waals surface area contributed by atoms with Gasteiger partial charge in [-0.25, -0.2) is 4.79 Å². The minimum Gasteiger partial charge on any atom is -0.480 e. The maximum atomic E-state index is 12.4. The molecule has 1 saturated carbocycles. The van der Waals surface area contributed by atoms with Crippen LogP contribution in [0.3, 0.4) is 0 Å². The van der Waals surface area contributed by atoms with Gasteiger partial charge in [0.15, 0.2) is 5.12 Å². The molecular weight excluding hydrogens is 322 g/mol. The summed E-state index contributed by atoms with van der Waals surface area (Å²) in [5, 5.41) is 9.34. The molecule has 2 fully saturated rings. The summed E-state index contributed by atoms with van der Waals surface area (Å²) in [7, 11) is 0. The summed E-state index contributed by atoms with van der Waals surface area (Å²) in [5.41, 5.74) is 0. The highest BCUT2D eigenvalue weighted by Crippen LogP contribution is 2.29. The van der Waals surface area contributed by atoms with Crippen LogP contribution in [0.5, 0.6) is 0 Å². The summed E-state index contributed by atoms with van der Waals surface area (Å²) in [5.74, 6) is 0.0522. The highest BCUT2D eigenvalue weighted by Gasteiger charge is 2.36. The summed E-state index contributed by atoms with van der Waals surface area (Å²) < 4.78 is 0. The van der Waals surface area contributed by atoms with Gasteiger partial charge < -0.3 is 10.0 Å². The molecular formula is C15H23NO4S2. The van der Waals surface area contributed by atoms with Crippen molar-refractivity contribution in [2.24, 2.45) is 11.8 Å². The van der Waals surface area contributed by atoms with Crippen LogP contribution in [-0.4, -0.2) is 50.4 Å². The molecule has 1 amide bonds. The van der Waals surface area contributed by atoms with Crippen LogP contribution < -0.4 is 0 Å². The first-order valence-corrected chi connectivity index (χ1v) is 9.92. The van der Waals surface area contributed by atoms with Crippen LogP contribution in [0.4, 0.5) is 0 Å². The molecule has 0 radical (unpaired) electrons. The highest BCUT2D eigenvalue weighted by atomic mass is 32.2. The van der Waals surface area contributed by atoms with E-state index in [1.165, 1.54) is 34.8 Å². The molecule has 1 aliphatic heterocycles. The van der Waals surface area contributed by atoms with Gasteiger partial charge in [0.1, 0.15) is 6.04 Å². The molecule has 0 aromatic carbocycles. The molecule has 0 spiro atoms. The Hall–Kier alpha value is -0.690. The molecule has 22 heavy (non-hydrogen) atoms. The average molecular weight is 345 g/mol. The predicted molar refractivity (Wildman–Crippen MR) is 88.8 cm³/mol. The number of thioether (sulfide) groups is 2. The van der Waals surface area contributed by atoms with Crippen molar-refractivity contribution in [1.29, 1.82) is 0 Å². The zero-order valence-corrected chi connectivity index (χ0v) is 14.5. The van der Waals surface area contributed by atoms with Crippen molar-refractivity contribution in [3.8, 4) is 0 Å². The van der Waals surface area contributed by atoms with Crippen LogP contribution in [0.1, 0.15) is 39.0 Å². The Morgan fingerprint density at radius 3 is 2.59 bits per heavy atom. The number of hydrogen-bond donors (Lipinski definition) is 1. The lowest BCUT2D eigenvalue weighted by atomic mass is 9.90. The molecule has 1 saturated heterocycles. The van der Waals surface area contributed by atoms with Gasteiger partial charge in [0.2, 0.25) is 5.91 Å². The van der Waals surface area contributed by atoms with Crippen LogP contribution in [0, 0.1) is 11.8 Å². The van der Waals surface area contributed by atoms with E-state index in [1.54, 1.807) is 6.92 Å². The van der Waals surface area contributed by atoms with Crippen molar-refractivity contribution in [3.05, 3.63) is 0 Å². The van der Waals surface area contributed by atoms with E-state index in [0.29, 0.717) is 17.4 Å². The number of amides is 1. The number of hydrogen-bond acceptors (Lipinski definition) is 5. The SMILES string of the molecule is C[C@H](CSC(=O)C1CCCCC1)C(=O)N1CSC[C@H]1C(=O)O. The fraction of sp³-hybridized carbons (Fsp3) is 0.800. The van der Waals surface area contributed by atoms with Gasteiger partial charge in [0.25, 0.3) is 0 Å². The van der Waals surface area contributed by atoms with E-state index in [2.05, 4.69) is 0 Å². The normalized spacial score (nSPS) is 24.2. The minimum absolute atomic E-state index is 0.148. The molecule has 1 heterocycles. The molecule has 1 aliphatic carbocycles. The molecule has 0 aromatic heterocycles.